The van der Waals surface area contributed by atoms with Crippen LogP contribution < -0.4 is 4.90 Å². The van der Waals surface area contributed by atoms with Crippen molar-refractivity contribution in [2.24, 2.45) is 0 Å². The summed E-state index contributed by atoms with van der Waals surface area (Å²) in [5, 5.41) is 4.35. The number of benzene rings is 12. The maximum absolute atomic E-state index is 7.23. The van der Waals surface area contributed by atoms with E-state index in [1.165, 1.54) is 61.2 Å². The van der Waals surface area contributed by atoms with Gasteiger partial charge in [0.05, 0.1) is 10.8 Å². The van der Waals surface area contributed by atoms with Gasteiger partial charge in [-0.05, 0) is 115 Å². The van der Waals surface area contributed by atoms with Crippen LogP contribution in [0.3, 0.4) is 0 Å². The fourth-order valence-electron chi connectivity index (χ4n) is 13.7. The van der Waals surface area contributed by atoms with Crippen molar-refractivity contribution >= 4 is 60.9 Å². The number of hydrogen-bond acceptors (Lipinski definition) is 3. The van der Waals surface area contributed by atoms with Gasteiger partial charge in [-0.25, -0.2) is 0 Å². The molecule has 360 valence electrons. The van der Waals surface area contributed by atoms with Crippen molar-refractivity contribution < 1.29 is 8.83 Å². The summed E-state index contributed by atoms with van der Waals surface area (Å²) >= 11 is 0. The molecule has 77 heavy (non-hydrogen) atoms. The lowest BCUT2D eigenvalue weighted by atomic mass is 9.67. The van der Waals surface area contributed by atoms with E-state index in [-0.39, 0.29) is 0 Å². The number of furan rings is 2. The minimum Gasteiger partial charge on any atom is -0.456 e. The highest BCUT2D eigenvalue weighted by atomic mass is 16.3. The number of anilines is 3. The molecule has 0 fully saturated rings. The molecular formula is C74H47NO2. The van der Waals surface area contributed by atoms with Gasteiger partial charge < -0.3 is 13.7 Å². The quantitative estimate of drug-likeness (QED) is 0.152. The zero-order valence-electron chi connectivity index (χ0n) is 41.9. The standard InChI is InChI=1S/C74H47NO2/c1-4-21-49(22-5-1)73(50-23-6-2-7-24-50)64-34-15-10-29-58(64)59-44-43-53(46-67(59)73)75(52-41-39-48(40-42-52)55-32-20-33-62-60-30-13-18-37-69(60)76-71(55)62)54-45-63-61-31-14-19-38-70(61)77-72(63)68(47-54)74(51-25-8-3-9-26-51)65-35-16-11-27-56(65)57-28-12-17-36-66(57)74/h1-47H. The fourth-order valence-corrected chi connectivity index (χ4v) is 13.7. The van der Waals surface area contributed by atoms with Gasteiger partial charge in [0.2, 0.25) is 0 Å². The van der Waals surface area contributed by atoms with Crippen molar-refractivity contribution in [2.45, 2.75) is 10.8 Å². The second kappa shape index (κ2) is 16.8. The Balaban J connectivity index is 1.00. The molecule has 3 nitrogen and oxygen atoms in total. The Morgan fingerprint density at radius 3 is 1.27 bits per heavy atom. The Morgan fingerprint density at radius 1 is 0.247 bits per heavy atom. The summed E-state index contributed by atoms with van der Waals surface area (Å²) in [6.45, 7) is 0. The highest BCUT2D eigenvalue weighted by Gasteiger charge is 2.49. The Bertz CT molecular complexity index is 4540. The van der Waals surface area contributed by atoms with Gasteiger partial charge in [0.15, 0.2) is 0 Å². The zero-order chi connectivity index (χ0) is 50.7. The van der Waals surface area contributed by atoms with Crippen molar-refractivity contribution in [2.75, 3.05) is 4.90 Å². The highest BCUT2D eigenvalue weighted by Crippen LogP contribution is 2.60. The Hall–Kier alpha value is -9.96. The summed E-state index contributed by atoms with van der Waals surface area (Å²) in [6, 6.07) is 105. The molecule has 2 aliphatic rings. The molecule has 16 rings (SSSR count). The van der Waals surface area contributed by atoms with Gasteiger partial charge in [-0.3, -0.25) is 0 Å². The second-order valence-corrected chi connectivity index (χ2v) is 20.6. The molecule has 3 heteroatoms. The first-order valence-electron chi connectivity index (χ1n) is 26.6. The predicted octanol–water partition coefficient (Wildman–Crippen LogP) is 19.3. The first-order valence-corrected chi connectivity index (χ1v) is 26.6. The normalized spacial score (nSPS) is 13.7. The summed E-state index contributed by atoms with van der Waals surface area (Å²) in [5.74, 6) is 0. The van der Waals surface area contributed by atoms with Crippen LogP contribution in [0.5, 0.6) is 0 Å². The number of hydrogen-bond donors (Lipinski definition) is 0. The topological polar surface area (TPSA) is 29.5 Å². The van der Waals surface area contributed by atoms with E-state index in [1.807, 2.05) is 6.07 Å². The van der Waals surface area contributed by atoms with Gasteiger partial charge in [-0.15, -0.1) is 0 Å². The van der Waals surface area contributed by atoms with Crippen LogP contribution in [0.4, 0.5) is 17.1 Å². The molecule has 2 aliphatic carbocycles. The van der Waals surface area contributed by atoms with Crippen LogP contribution in [0.25, 0.3) is 77.3 Å². The molecular weight excluding hydrogens is 935 g/mol. The van der Waals surface area contributed by atoms with E-state index in [0.717, 1.165) is 77.6 Å². The predicted molar refractivity (Wildman–Crippen MR) is 316 cm³/mol. The van der Waals surface area contributed by atoms with Gasteiger partial charge in [0, 0.05) is 49.7 Å². The van der Waals surface area contributed by atoms with Crippen molar-refractivity contribution in [3.05, 3.63) is 330 Å². The van der Waals surface area contributed by atoms with Crippen molar-refractivity contribution in [3.63, 3.8) is 0 Å². The number of nitrogens with zero attached hydrogens (tertiary/aromatic N) is 1. The van der Waals surface area contributed by atoms with Crippen molar-refractivity contribution in [3.8, 4) is 33.4 Å². The van der Waals surface area contributed by atoms with Crippen molar-refractivity contribution in [1.29, 1.82) is 0 Å². The fraction of sp³-hybridized carbons (Fsp3) is 0.0270. The SMILES string of the molecule is c1ccc(C2(c3ccccc3)c3ccccc3-c3ccc(N(c4ccc(-c5cccc6c5oc5ccccc56)cc4)c4cc(C5(c6ccccc6)c6ccccc6-c6ccccc65)c5oc6ccccc6c5c4)cc32)cc1. The molecule has 14 aromatic rings. The number of fused-ring (bicyclic) bond motifs is 12. The van der Waals surface area contributed by atoms with Crippen LogP contribution in [0.1, 0.15) is 44.5 Å². The largest absolute Gasteiger partial charge is 0.456 e. The van der Waals surface area contributed by atoms with E-state index in [2.05, 4.69) is 284 Å². The molecule has 0 saturated carbocycles. The van der Waals surface area contributed by atoms with Gasteiger partial charge >= 0.3 is 0 Å². The molecule has 0 bridgehead atoms. The number of para-hydroxylation sites is 3. The van der Waals surface area contributed by atoms with Gasteiger partial charge in [-0.2, -0.15) is 0 Å². The van der Waals surface area contributed by atoms with E-state index in [9.17, 15) is 0 Å². The maximum Gasteiger partial charge on any atom is 0.143 e. The van der Waals surface area contributed by atoms with Gasteiger partial charge in [0.1, 0.15) is 22.3 Å². The van der Waals surface area contributed by atoms with Crippen LogP contribution >= 0.6 is 0 Å². The lowest BCUT2D eigenvalue weighted by Gasteiger charge is -2.36. The highest BCUT2D eigenvalue weighted by molar-refractivity contribution is 6.11. The molecule has 0 spiro atoms. The van der Waals surface area contributed by atoms with Crippen LogP contribution in [-0.2, 0) is 10.8 Å². The average molecular weight is 982 g/mol. The van der Waals surface area contributed by atoms with E-state index >= 15 is 0 Å². The molecule has 2 heterocycles. The molecule has 0 radical (unpaired) electrons. The lowest BCUT2D eigenvalue weighted by molar-refractivity contribution is 0.648. The van der Waals surface area contributed by atoms with Crippen LogP contribution in [0, 0.1) is 0 Å². The third-order valence-corrected chi connectivity index (χ3v) is 16.8. The molecule has 2 aromatic heterocycles. The third kappa shape index (κ3) is 6.14. The van der Waals surface area contributed by atoms with Crippen molar-refractivity contribution in [1.82, 2.24) is 0 Å². The molecule has 0 unspecified atom stereocenters. The molecule has 0 aliphatic heterocycles. The van der Waals surface area contributed by atoms with E-state index in [4.69, 9.17) is 8.83 Å². The molecule has 0 N–H and O–H groups in total. The lowest BCUT2D eigenvalue weighted by Crippen LogP contribution is -2.29. The summed E-state index contributed by atoms with van der Waals surface area (Å²) in [4.78, 5) is 2.48. The summed E-state index contributed by atoms with van der Waals surface area (Å²) < 4.78 is 13.9. The Morgan fingerprint density at radius 2 is 0.675 bits per heavy atom. The molecule has 0 atom stereocenters. The van der Waals surface area contributed by atoms with Crippen LogP contribution in [0.15, 0.2) is 294 Å². The minimum absolute atomic E-state index is 0.601. The zero-order valence-corrected chi connectivity index (χ0v) is 41.9. The van der Waals surface area contributed by atoms with Crippen LogP contribution in [-0.4, -0.2) is 0 Å². The first-order chi connectivity index (χ1) is 38.2. The first kappa shape index (κ1) is 43.4. The second-order valence-electron chi connectivity index (χ2n) is 20.6. The van der Waals surface area contributed by atoms with Crippen LogP contribution in [0.2, 0.25) is 0 Å². The summed E-state index contributed by atoms with van der Waals surface area (Å²) in [5.41, 5.74) is 22.0. The van der Waals surface area contributed by atoms with E-state index in [0.29, 0.717) is 0 Å². The summed E-state index contributed by atoms with van der Waals surface area (Å²) in [7, 11) is 0. The minimum atomic E-state index is -0.743. The number of rotatable bonds is 8. The Labute approximate surface area is 446 Å². The van der Waals surface area contributed by atoms with Gasteiger partial charge in [0.25, 0.3) is 0 Å². The summed E-state index contributed by atoms with van der Waals surface area (Å²) in [6.07, 6.45) is 0. The smallest absolute Gasteiger partial charge is 0.143 e. The monoisotopic (exact) mass is 981 g/mol. The molecule has 0 saturated heterocycles. The van der Waals surface area contributed by atoms with E-state index in [1.54, 1.807) is 0 Å². The van der Waals surface area contributed by atoms with E-state index < -0.39 is 10.8 Å². The average Bonchev–Trinajstić information content (AvgIpc) is 4.45. The molecule has 0 amide bonds. The Kier molecular flexibility index (Phi) is 9.47. The maximum atomic E-state index is 7.23. The van der Waals surface area contributed by atoms with Gasteiger partial charge in [-0.1, -0.05) is 237 Å². The molecule has 12 aromatic carbocycles. The third-order valence-electron chi connectivity index (χ3n) is 16.8.